The monoisotopic (exact) mass is 912 g/mol. The molecule has 10 aromatic rings. The zero-order valence-corrected chi connectivity index (χ0v) is 39.6. The zero-order chi connectivity index (χ0) is 47.6. The maximum Gasteiger partial charge on any atom is 0.0468 e. The van der Waals surface area contributed by atoms with Gasteiger partial charge in [0.25, 0.3) is 0 Å². The molecule has 0 saturated heterocycles. The van der Waals surface area contributed by atoms with Crippen LogP contribution in [-0.4, -0.2) is 0 Å². The third kappa shape index (κ3) is 8.58. The van der Waals surface area contributed by atoms with Crippen LogP contribution in [0.4, 0.5) is 62.6 Å². The summed E-state index contributed by atoms with van der Waals surface area (Å²) < 4.78 is 0. The molecule has 0 aliphatic heterocycles. The van der Waals surface area contributed by atoms with E-state index in [-0.39, 0.29) is 5.41 Å². The van der Waals surface area contributed by atoms with Crippen molar-refractivity contribution in [1.29, 1.82) is 0 Å². The SMILES string of the molecule is CC12C=CC=CC1=CC(N(c1ccccc1)c1ccc(N(c3ccc(N(c4ccccc4)c4ccc5ccccc5c4)cc3)c3ccc(N(c4ccccc4)c4ccc5ccccc5c4)cc3)cc1)=CC2. The molecule has 2 aliphatic rings. The first-order valence-electron chi connectivity index (χ1n) is 24.5. The molecule has 2 aliphatic carbocycles. The molecule has 12 rings (SSSR count). The number of nitrogens with zero attached hydrogens (tertiary/aromatic N) is 4. The minimum absolute atomic E-state index is 0.00271. The topological polar surface area (TPSA) is 13.0 Å². The average molecular weight is 913 g/mol. The van der Waals surface area contributed by atoms with Crippen LogP contribution in [0.25, 0.3) is 21.5 Å². The molecule has 0 amide bonds. The molecule has 0 radical (unpaired) electrons. The molecule has 71 heavy (non-hydrogen) atoms. The Kier molecular flexibility index (Phi) is 11.4. The van der Waals surface area contributed by atoms with Crippen molar-refractivity contribution in [2.24, 2.45) is 5.41 Å². The lowest BCUT2D eigenvalue weighted by molar-refractivity contribution is 0.523. The van der Waals surface area contributed by atoms with Gasteiger partial charge in [0, 0.05) is 73.7 Å². The first-order chi connectivity index (χ1) is 35.0. The molecule has 340 valence electrons. The molecule has 0 bridgehead atoms. The molecule has 0 N–H and O–H groups in total. The lowest BCUT2D eigenvalue weighted by atomic mass is 9.73. The van der Waals surface area contributed by atoms with Crippen molar-refractivity contribution < 1.29 is 0 Å². The van der Waals surface area contributed by atoms with E-state index in [0.29, 0.717) is 0 Å². The molecule has 0 saturated carbocycles. The van der Waals surface area contributed by atoms with Crippen molar-refractivity contribution in [2.75, 3.05) is 19.6 Å². The van der Waals surface area contributed by atoms with Crippen molar-refractivity contribution in [3.05, 3.63) is 296 Å². The molecule has 4 heteroatoms. The molecule has 10 aromatic carbocycles. The van der Waals surface area contributed by atoms with Gasteiger partial charge in [0.2, 0.25) is 0 Å². The summed E-state index contributed by atoms with van der Waals surface area (Å²) in [5.74, 6) is 0. The summed E-state index contributed by atoms with van der Waals surface area (Å²) >= 11 is 0. The van der Waals surface area contributed by atoms with Crippen LogP contribution in [0.5, 0.6) is 0 Å². The van der Waals surface area contributed by atoms with Gasteiger partial charge in [0.05, 0.1) is 0 Å². The fourth-order valence-corrected chi connectivity index (χ4v) is 10.2. The predicted octanol–water partition coefficient (Wildman–Crippen LogP) is 18.9. The number of para-hydroxylation sites is 3. The second kappa shape index (κ2) is 18.8. The molecular weight excluding hydrogens is 861 g/mol. The lowest BCUT2D eigenvalue weighted by Crippen LogP contribution is -2.24. The highest BCUT2D eigenvalue weighted by Crippen LogP contribution is 2.46. The maximum absolute atomic E-state index is 2.39. The van der Waals surface area contributed by atoms with Crippen LogP contribution < -0.4 is 19.6 Å². The highest BCUT2D eigenvalue weighted by Gasteiger charge is 2.30. The van der Waals surface area contributed by atoms with Crippen molar-refractivity contribution in [2.45, 2.75) is 13.3 Å². The third-order valence-electron chi connectivity index (χ3n) is 13.9. The normalized spacial score (nSPS) is 14.9. The van der Waals surface area contributed by atoms with Gasteiger partial charge >= 0.3 is 0 Å². The van der Waals surface area contributed by atoms with Crippen LogP contribution in [-0.2, 0) is 0 Å². The second-order valence-corrected chi connectivity index (χ2v) is 18.5. The second-order valence-electron chi connectivity index (χ2n) is 18.5. The molecule has 0 fully saturated rings. The summed E-state index contributed by atoms with van der Waals surface area (Å²) in [4.78, 5) is 9.42. The largest absolute Gasteiger partial charge is 0.311 e. The minimum Gasteiger partial charge on any atom is -0.311 e. The highest BCUT2D eigenvalue weighted by atomic mass is 15.2. The highest BCUT2D eigenvalue weighted by molar-refractivity contribution is 5.92. The van der Waals surface area contributed by atoms with E-state index in [1.807, 2.05) is 0 Å². The Balaban J connectivity index is 0.953. The Morgan fingerprint density at radius 3 is 1.06 bits per heavy atom. The summed E-state index contributed by atoms with van der Waals surface area (Å²) in [6.07, 6.45) is 14.6. The molecule has 0 spiro atoms. The van der Waals surface area contributed by atoms with Gasteiger partial charge in [0.15, 0.2) is 0 Å². The molecule has 4 nitrogen and oxygen atoms in total. The van der Waals surface area contributed by atoms with Gasteiger partial charge in [-0.15, -0.1) is 0 Å². The fourth-order valence-electron chi connectivity index (χ4n) is 10.2. The van der Waals surface area contributed by atoms with Crippen molar-refractivity contribution in [1.82, 2.24) is 0 Å². The standard InChI is InChI=1S/C67H52N4/c1-67-45-16-15-21-54(67)49-66(44-46-67)71(57-26-9-4-10-27-57)63-42-36-60(37-43-63)68(58-32-38-61(39-33-58)69(55-22-5-2-6-23-55)64-30-28-50-17-11-13-19-52(50)47-64)59-34-40-62(41-35-59)70(56-24-7-3-8-25-56)65-31-29-51-18-12-14-20-53(51)48-65/h2-45,47-49H,46H2,1H3. The van der Waals surface area contributed by atoms with E-state index in [2.05, 4.69) is 312 Å². The van der Waals surface area contributed by atoms with E-state index in [1.165, 1.54) is 32.8 Å². The number of hydrogen-bond acceptors (Lipinski definition) is 4. The Hall–Kier alpha value is -9.12. The molecule has 1 unspecified atom stereocenters. The Morgan fingerprint density at radius 2 is 0.634 bits per heavy atom. The molecule has 0 aromatic heterocycles. The van der Waals surface area contributed by atoms with Gasteiger partial charge in [-0.3, -0.25) is 0 Å². The Bertz CT molecular complexity index is 3450. The fraction of sp³-hybridized carbons (Fsp3) is 0.0448. The summed E-state index contributed by atoms with van der Waals surface area (Å²) in [5.41, 5.74) is 14.4. The summed E-state index contributed by atoms with van der Waals surface area (Å²) in [6, 6.07) is 89.5. The number of rotatable bonds is 12. The quantitative estimate of drug-likeness (QED) is 0.121. The Morgan fingerprint density at radius 1 is 0.310 bits per heavy atom. The minimum atomic E-state index is -0.00271. The van der Waals surface area contributed by atoms with Gasteiger partial charge < -0.3 is 19.6 Å². The van der Waals surface area contributed by atoms with Crippen LogP contribution in [0, 0.1) is 5.41 Å². The first kappa shape index (κ1) is 43.2. The summed E-state index contributed by atoms with van der Waals surface area (Å²) in [7, 11) is 0. The van der Waals surface area contributed by atoms with Gasteiger partial charge in [-0.2, -0.15) is 0 Å². The van der Waals surface area contributed by atoms with Gasteiger partial charge in [-0.1, -0.05) is 153 Å². The summed E-state index contributed by atoms with van der Waals surface area (Å²) in [5, 5.41) is 4.85. The van der Waals surface area contributed by atoms with Crippen LogP contribution in [0.1, 0.15) is 13.3 Å². The lowest BCUT2D eigenvalue weighted by Gasteiger charge is -2.36. The van der Waals surface area contributed by atoms with E-state index in [4.69, 9.17) is 0 Å². The number of fused-ring (bicyclic) bond motifs is 3. The molecular formula is C67H52N4. The smallest absolute Gasteiger partial charge is 0.0468 e. The number of anilines is 11. The maximum atomic E-state index is 2.39. The van der Waals surface area contributed by atoms with Crippen molar-refractivity contribution >= 4 is 84.1 Å². The average Bonchev–Trinajstić information content (AvgIpc) is 3.43. The van der Waals surface area contributed by atoms with Gasteiger partial charge in [-0.25, -0.2) is 0 Å². The zero-order valence-electron chi connectivity index (χ0n) is 39.6. The van der Waals surface area contributed by atoms with E-state index in [9.17, 15) is 0 Å². The van der Waals surface area contributed by atoms with E-state index >= 15 is 0 Å². The summed E-state index contributed by atoms with van der Waals surface area (Å²) in [6.45, 7) is 2.33. The van der Waals surface area contributed by atoms with Crippen LogP contribution in [0.15, 0.2) is 296 Å². The van der Waals surface area contributed by atoms with Gasteiger partial charge in [-0.05, 0) is 173 Å². The molecule has 1 atom stereocenters. The number of hydrogen-bond donors (Lipinski definition) is 0. The molecule has 0 heterocycles. The van der Waals surface area contributed by atoms with Crippen molar-refractivity contribution in [3.8, 4) is 0 Å². The van der Waals surface area contributed by atoms with Crippen LogP contribution in [0.2, 0.25) is 0 Å². The van der Waals surface area contributed by atoms with E-state index in [0.717, 1.165) is 69.0 Å². The van der Waals surface area contributed by atoms with Crippen LogP contribution in [0.3, 0.4) is 0 Å². The van der Waals surface area contributed by atoms with Crippen molar-refractivity contribution in [3.63, 3.8) is 0 Å². The Labute approximate surface area is 416 Å². The number of allylic oxidation sites excluding steroid dienone is 7. The first-order valence-corrected chi connectivity index (χ1v) is 24.5. The van der Waals surface area contributed by atoms with Crippen LogP contribution >= 0.6 is 0 Å². The van der Waals surface area contributed by atoms with E-state index in [1.54, 1.807) is 0 Å². The predicted molar refractivity (Wildman–Crippen MR) is 301 cm³/mol. The van der Waals surface area contributed by atoms with E-state index < -0.39 is 0 Å². The third-order valence-corrected chi connectivity index (χ3v) is 13.9. The number of benzene rings is 10. The van der Waals surface area contributed by atoms with Gasteiger partial charge in [0.1, 0.15) is 0 Å².